The van der Waals surface area contributed by atoms with Crippen molar-refractivity contribution < 1.29 is 19.4 Å². The van der Waals surface area contributed by atoms with Gasteiger partial charge in [0, 0.05) is 6.08 Å². The first-order valence-electron chi connectivity index (χ1n) is 4.69. The first-order valence-corrected chi connectivity index (χ1v) is 4.69. The van der Waals surface area contributed by atoms with E-state index in [9.17, 15) is 9.59 Å². The van der Waals surface area contributed by atoms with Crippen LogP contribution in [0.1, 0.15) is 25.7 Å². The van der Waals surface area contributed by atoms with E-state index in [1.165, 1.54) is 0 Å². The van der Waals surface area contributed by atoms with Crippen molar-refractivity contribution in [3.8, 4) is 0 Å². The summed E-state index contributed by atoms with van der Waals surface area (Å²) in [7, 11) is 0. The molecule has 4 nitrogen and oxygen atoms in total. The number of hydrogen-bond acceptors (Lipinski definition) is 3. The Bertz CT molecular complexity index is 239. The summed E-state index contributed by atoms with van der Waals surface area (Å²) >= 11 is 0. The number of carboxylic acids is 1. The van der Waals surface area contributed by atoms with Gasteiger partial charge in [-0.25, -0.2) is 4.79 Å². The molecule has 0 unspecified atom stereocenters. The molecule has 14 heavy (non-hydrogen) atoms. The van der Waals surface area contributed by atoms with E-state index in [-0.39, 0.29) is 12.0 Å². The number of rotatable bonds is 3. The Balaban J connectivity index is 2.32. The summed E-state index contributed by atoms with van der Waals surface area (Å²) in [6.07, 6.45) is 3.45. The van der Waals surface area contributed by atoms with Crippen LogP contribution in [0, 0.1) is 5.92 Å². The number of carbonyl (C=O) groups is 2. The maximum atomic E-state index is 10.8. The van der Waals surface area contributed by atoms with Crippen LogP contribution in [-0.2, 0) is 14.3 Å². The minimum absolute atomic E-state index is 0.129. The van der Waals surface area contributed by atoms with Crippen LogP contribution in [0.4, 0.5) is 0 Å². The van der Waals surface area contributed by atoms with Crippen LogP contribution < -0.4 is 0 Å². The lowest BCUT2D eigenvalue weighted by Gasteiger charge is -2.25. The largest absolute Gasteiger partial charge is 0.481 e. The molecule has 1 aliphatic rings. The van der Waals surface area contributed by atoms with Gasteiger partial charge in [0.05, 0.1) is 5.92 Å². The number of ether oxygens (including phenoxy) is 1. The maximum absolute atomic E-state index is 10.8. The van der Waals surface area contributed by atoms with Crippen molar-refractivity contribution in [1.82, 2.24) is 0 Å². The summed E-state index contributed by atoms with van der Waals surface area (Å²) in [6, 6.07) is 0. The zero-order valence-electron chi connectivity index (χ0n) is 7.94. The number of carboxylic acid groups (broad SMARTS) is 1. The zero-order valence-corrected chi connectivity index (χ0v) is 7.94. The Morgan fingerprint density at radius 1 is 1.29 bits per heavy atom. The van der Waals surface area contributed by atoms with Gasteiger partial charge in [-0.3, -0.25) is 4.79 Å². The third-order valence-electron chi connectivity index (χ3n) is 2.47. The normalized spacial score (nSPS) is 26.6. The van der Waals surface area contributed by atoms with Crippen molar-refractivity contribution in [1.29, 1.82) is 0 Å². The SMILES string of the molecule is C=CC(=O)OC1CCC(C(=O)O)CC1. The van der Waals surface area contributed by atoms with Crippen LogP contribution in [0.2, 0.25) is 0 Å². The van der Waals surface area contributed by atoms with E-state index >= 15 is 0 Å². The fourth-order valence-electron chi connectivity index (χ4n) is 1.64. The molecular weight excluding hydrogens is 184 g/mol. The van der Waals surface area contributed by atoms with Crippen LogP contribution in [0.5, 0.6) is 0 Å². The van der Waals surface area contributed by atoms with Crippen molar-refractivity contribution in [3.63, 3.8) is 0 Å². The Morgan fingerprint density at radius 2 is 1.86 bits per heavy atom. The lowest BCUT2D eigenvalue weighted by Crippen LogP contribution is -2.27. The van der Waals surface area contributed by atoms with Gasteiger partial charge in [0.2, 0.25) is 0 Å². The molecule has 0 aromatic carbocycles. The molecule has 0 aromatic rings. The molecular formula is C10H14O4. The Labute approximate surface area is 82.6 Å². The van der Waals surface area contributed by atoms with Crippen molar-refractivity contribution in [2.24, 2.45) is 5.92 Å². The Morgan fingerprint density at radius 3 is 2.29 bits per heavy atom. The molecule has 0 saturated heterocycles. The van der Waals surface area contributed by atoms with E-state index in [0.717, 1.165) is 6.08 Å². The molecule has 0 atom stereocenters. The number of carbonyl (C=O) groups excluding carboxylic acids is 1. The topological polar surface area (TPSA) is 63.6 Å². The van der Waals surface area contributed by atoms with Gasteiger partial charge >= 0.3 is 11.9 Å². The molecule has 1 aliphatic carbocycles. The molecule has 78 valence electrons. The number of aliphatic carboxylic acids is 1. The standard InChI is InChI=1S/C10H14O4/c1-2-9(11)14-8-5-3-7(4-6-8)10(12)13/h2,7-8H,1,3-6H2,(H,12,13). The van der Waals surface area contributed by atoms with E-state index < -0.39 is 11.9 Å². The number of esters is 1. The van der Waals surface area contributed by atoms with Crippen molar-refractivity contribution in [2.45, 2.75) is 31.8 Å². The molecule has 0 aromatic heterocycles. The Kier molecular flexibility index (Phi) is 3.68. The zero-order chi connectivity index (χ0) is 10.6. The van der Waals surface area contributed by atoms with Gasteiger partial charge in [0.25, 0.3) is 0 Å². The summed E-state index contributed by atoms with van der Waals surface area (Å²) in [6.45, 7) is 3.30. The molecule has 0 amide bonds. The van der Waals surface area contributed by atoms with E-state index in [4.69, 9.17) is 9.84 Å². The molecule has 1 saturated carbocycles. The molecule has 0 bridgehead atoms. The quantitative estimate of drug-likeness (QED) is 0.549. The highest BCUT2D eigenvalue weighted by Crippen LogP contribution is 2.26. The summed E-state index contributed by atoms with van der Waals surface area (Å²) in [5, 5.41) is 8.73. The predicted octanol–water partition coefficient (Wildman–Crippen LogP) is 1.36. The van der Waals surface area contributed by atoms with Crippen molar-refractivity contribution >= 4 is 11.9 Å². The van der Waals surface area contributed by atoms with Gasteiger partial charge in [-0.05, 0) is 25.7 Å². The average Bonchev–Trinajstić information content (AvgIpc) is 2.18. The van der Waals surface area contributed by atoms with Gasteiger partial charge in [-0.2, -0.15) is 0 Å². The van der Waals surface area contributed by atoms with Crippen molar-refractivity contribution in [2.75, 3.05) is 0 Å². The highest BCUT2D eigenvalue weighted by Gasteiger charge is 2.27. The lowest BCUT2D eigenvalue weighted by molar-refractivity contribution is -0.148. The van der Waals surface area contributed by atoms with Crippen LogP contribution in [-0.4, -0.2) is 23.1 Å². The maximum Gasteiger partial charge on any atom is 0.330 e. The van der Waals surface area contributed by atoms with E-state index in [0.29, 0.717) is 25.7 Å². The van der Waals surface area contributed by atoms with Gasteiger partial charge < -0.3 is 9.84 Å². The average molecular weight is 198 g/mol. The Hall–Kier alpha value is -1.32. The van der Waals surface area contributed by atoms with Crippen LogP contribution >= 0.6 is 0 Å². The molecule has 0 heterocycles. The second kappa shape index (κ2) is 4.79. The fourth-order valence-corrected chi connectivity index (χ4v) is 1.64. The minimum atomic E-state index is -0.751. The third-order valence-corrected chi connectivity index (χ3v) is 2.47. The number of hydrogen-bond donors (Lipinski definition) is 1. The summed E-state index contributed by atoms with van der Waals surface area (Å²) in [4.78, 5) is 21.5. The van der Waals surface area contributed by atoms with Gasteiger partial charge in [-0.1, -0.05) is 6.58 Å². The summed E-state index contributed by atoms with van der Waals surface area (Å²) in [5.74, 6) is -1.45. The lowest BCUT2D eigenvalue weighted by atomic mass is 9.87. The van der Waals surface area contributed by atoms with Crippen molar-refractivity contribution in [3.05, 3.63) is 12.7 Å². The van der Waals surface area contributed by atoms with Crippen LogP contribution in [0.25, 0.3) is 0 Å². The first kappa shape index (κ1) is 10.8. The smallest absolute Gasteiger partial charge is 0.330 e. The highest BCUT2D eigenvalue weighted by atomic mass is 16.5. The van der Waals surface area contributed by atoms with E-state index in [2.05, 4.69) is 6.58 Å². The second-order valence-corrected chi connectivity index (χ2v) is 3.45. The second-order valence-electron chi connectivity index (χ2n) is 3.45. The molecule has 1 N–H and O–H groups in total. The van der Waals surface area contributed by atoms with Gasteiger partial charge in [0.1, 0.15) is 6.10 Å². The van der Waals surface area contributed by atoms with E-state index in [1.54, 1.807) is 0 Å². The molecule has 0 aliphatic heterocycles. The summed E-state index contributed by atoms with van der Waals surface area (Å²) < 4.78 is 5.02. The van der Waals surface area contributed by atoms with Crippen LogP contribution in [0.15, 0.2) is 12.7 Å². The molecule has 4 heteroatoms. The first-order chi connectivity index (χ1) is 6.63. The van der Waals surface area contributed by atoms with E-state index in [1.807, 2.05) is 0 Å². The minimum Gasteiger partial charge on any atom is -0.481 e. The molecule has 1 fully saturated rings. The third kappa shape index (κ3) is 2.87. The van der Waals surface area contributed by atoms with Crippen LogP contribution in [0.3, 0.4) is 0 Å². The highest BCUT2D eigenvalue weighted by molar-refractivity contribution is 5.81. The summed E-state index contributed by atoms with van der Waals surface area (Å²) in [5.41, 5.74) is 0. The molecule has 0 spiro atoms. The molecule has 0 radical (unpaired) electrons. The molecule has 1 rings (SSSR count). The predicted molar refractivity (Wildman–Crippen MR) is 49.7 cm³/mol. The fraction of sp³-hybridized carbons (Fsp3) is 0.600. The van der Waals surface area contributed by atoms with Gasteiger partial charge in [-0.15, -0.1) is 0 Å². The monoisotopic (exact) mass is 198 g/mol. The van der Waals surface area contributed by atoms with Gasteiger partial charge in [0.15, 0.2) is 0 Å².